The van der Waals surface area contributed by atoms with Crippen molar-refractivity contribution in [3.05, 3.63) is 36.5 Å². The van der Waals surface area contributed by atoms with Crippen LogP contribution in [0, 0.1) is 11.3 Å². The molecule has 1 fully saturated rings. The first-order valence-electron chi connectivity index (χ1n) is 5.31. The van der Waals surface area contributed by atoms with Gasteiger partial charge in [-0.1, -0.05) is 30.9 Å². The van der Waals surface area contributed by atoms with Crippen molar-refractivity contribution in [1.82, 2.24) is 0 Å². The Morgan fingerprint density at radius 2 is 2.27 bits per heavy atom. The molecule has 1 aliphatic heterocycles. The SMILES string of the molecule is C=C(/C=C\C=C/C)[C@H]1CCC[C@@H](C#N)O1. The number of hydrogen-bond acceptors (Lipinski definition) is 2. The molecule has 1 saturated heterocycles. The first kappa shape index (κ1) is 11.7. The molecular formula is C13H17NO. The summed E-state index contributed by atoms with van der Waals surface area (Å²) in [5.41, 5.74) is 0.952. The maximum absolute atomic E-state index is 8.77. The van der Waals surface area contributed by atoms with Crippen LogP contribution < -0.4 is 0 Å². The second-order valence-electron chi connectivity index (χ2n) is 3.63. The van der Waals surface area contributed by atoms with Gasteiger partial charge in [-0.3, -0.25) is 0 Å². The van der Waals surface area contributed by atoms with E-state index in [0.29, 0.717) is 0 Å². The monoisotopic (exact) mass is 203 g/mol. The summed E-state index contributed by atoms with van der Waals surface area (Å²) in [7, 11) is 0. The van der Waals surface area contributed by atoms with Crippen LogP contribution in [0.15, 0.2) is 36.5 Å². The summed E-state index contributed by atoms with van der Waals surface area (Å²) in [6, 6.07) is 2.15. The lowest BCUT2D eigenvalue weighted by atomic mass is 9.99. The van der Waals surface area contributed by atoms with E-state index in [9.17, 15) is 0 Å². The summed E-state index contributed by atoms with van der Waals surface area (Å²) in [6.07, 6.45) is 10.4. The molecule has 0 aliphatic carbocycles. The number of hydrogen-bond donors (Lipinski definition) is 0. The van der Waals surface area contributed by atoms with Crippen LogP contribution in [-0.4, -0.2) is 12.2 Å². The first-order valence-corrected chi connectivity index (χ1v) is 5.31. The molecule has 0 amide bonds. The lowest BCUT2D eigenvalue weighted by Gasteiger charge is -2.26. The van der Waals surface area contributed by atoms with Crippen molar-refractivity contribution in [1.29, 1.82) is 5.26 Å². The molecule has 0 radical (unpaired) electrons. The summed E-state index contributed by atoms with van der Waals surface area (Å²) < 4.78 is 5.59. The Labute approximate surface area is 91.6 Å². The Morgan fingerprint density at radius 3 is 2.93 bits per heavy atom. The molecule has 0 bridgehead atoms. The third-order valence-corrected chi connectivity index (χ3v) is 2.43. The molecule has 2 heteroatoms. The number of ether oxygens (including phenoxy) is 1. The minimum Gasteiger partial charge on any atom is -0.355 e. The van der Waals surface area contributed by atoms with Crippen molar-refractivity contribution in [2.24, 2.45) is 0 Å². The Bertz CT molecular complexity index is 309. The van der Waals surface area contributed by atoms with Crippen LogP contribution in [0.4, 0.5) is 0 Å². The van der Waals surface area contributed by atoms with Gasteiger partial charge in [0.2, 0.25) is 0 Å². The van der Waals surface area contributed by atoms with Gasteiger partial charge >= 0.3 is 0 Å². The third-order valence-electron chi connectivity index (χ3n) is 2.43. The topological polar surface area (TPSA) is 33.0 Å². The lowest BCUT2D eigenvalue weighted by Crippen LogP contribution is -2.27. The Balaban J connectivity index is 2.49. The molecule has 0 aromatic heterocycles. The van der Waals surface area contributed by atoms with Gasteiger partial charge in [-0.15, -0.1) is 0 Å². The van der Waals surface area contributed by atoms with Crippen LogP contribution in [0.3, 0.4) is 0 Å². The predicted molar refractivity (Wildman–Crippen MR) is 61.2 cm³/mol. The van der Waals surface area contributed by atoms with Crippen molar-refractivity contribution >= 4 is 0 Å². The number of allylic oxidation sites excluding steroid dienone is 3. The van der Waals surface area contributed by atoms with Gasteiger partial charge in [0.25, 0.3) is 0 Å². The highest BCUT2D eigenvalue weighted by atomic mass is 16.5. The van der Waals surface area contributed by atoms with Gasteiger partial charge in [-0.05, 0) is 31.8 Å². The average Bonchev–Trinajstić information content (AvgIpc) is 2.29. The molecule has 15 heavy (non-hydrogen) atoms. The maximum atomic E-state index is 8.77. The van der Waals surface area contributed by atoms with E-state index >= 15 is 0 Å². The van der Waals surface area contributed by atoms with Crippen LogP contribution >= 0.6 is 0 Å². The minimum absolute atomic E-state index is 0.0184. The minimum atomic E-state index is -0.254. The summed E-state index contributed by atoms with van der Waals surface area (Å²) >= 11 is 0. The van der Waals surface area contributed by atoms with E-state index < -0.39 is 0 Å². The maximum Gasteiger partial charge on any atom is 0.144 e. The van der Waals surface area contributed by atoms with Crippen molar-refractivity contribution in [2.45, 2.75) is 38.4 Å². The third kappa shape index (κ3) is 3.73. The molecule has 2 nitrogen and oxygen atoms in total. The van der Waals surface area contributed by atoms with Crippen molar-refractivity contribution in [2.75, 3.05) is 0 Å². The molecule has 0 saturated carbocycles. The predicted octanol–water partition coefficient (Wildman–Crippen LogP) is 3.14. The molecule has 1 aliphatic rings. The molecule has 0 spiro atoms. The van der Waals surface area contributed by atoms with Gasteiger partial charge in [0.15, 0.2) is 0 Å². The van der Waals surface area contributed by atoms with Crippen LogP contribution in [0.5, 0.6) is 0 Å². The second-order valence-corrected chi connectivity index (χ2v) is 3.63. The largest absolute Gasteiger partial charge is 0.355 e. The molecule has 0 aromatic rings. The summed E-state index contributed by atoms with van der Waals surface area (Å²) in [6.45, 7) is 5.93. The highest BCUT2D eigenvalue weighted by Gasteiger charge is 2.22. The molecular weight excluding hydrogens is 186 g/mol. The molecule has 1 heterocycles. The van der Waals surface area contributed by atoms with E-state index in [0.717, 1.165) is 24.8 Å². The van der Waals surface area contributed by atoms with E-state index in [1.54, 1.807) is 0 Å². The quantitative estimate of drug-likeness (QED) is 0.660. The van der Waals surface area contributed by atoms with Gasteiger partial charge in [0.05, 0.1) is 12.2 Å². The zero-order valence-corrected chi connectivity index (χ0v) is 9.15. The van der Waals surface area contributed by atoms with E-state index in [-0.39, 0.29) is 12.2 Å². The van der Waals surface area contributed by atoms with Crippen LogP contribution in [0.2, 0.25) is 0 Å². The van der Waals surface area contributed by atoms with E-state index in [1.165, 1.54) is 0 Å². The summed E-state index contributed by atoms with van der Waals surface area (Å²) in [5.74, 6) is 0. The molecule has 2 atom stereocenters. The Morgan fingerprint density at radius 1 is 1.47 bits per heavy atom. The highest BCUT2D eigenvalue weighted by Crippen LogP contribution is 2.23. The molecule has 0 unspecified atom stereocenters. The van der Waals surface area contributed by atoms with Crippen LogP contribution in [0.1, 0.15) is 26.2 Å². The number of nitriles is 1. The Hall–Kier alpha value is -1.33. The smallest absolute Gasteiger partial charge is 0.144 e. The van der Waals surface area contributed by atoms with E-state index in [2.05, 4.69) is 12.6 Å². The van der Waals surface area contributed by atoms with Crippen molar-refractivity contribution < 1.29 is 4.74 Å². The fourth-order valence-electron chi connectivity index (χ4n) is 1.59. The number of nitrogens with zero attached hydrogens (tertiary/aromatic N) is 1. The fourth-order valence-corrected chi connectivity index (χ4v) is 1.59. The molecule has 80 valence electrons. The van der Waals surface area contributed by atoms with E-state index in [4.69, 9.17) is 10.00 Å². The molecule has 0 aromatic carbocycles. The zero-order valence-electron chi connectivity index (χ0n) is 9.15. The molecule has 1 rings (SSSR count). The second kappa shape index (κ2) is 6.21. The zero-order chi connectivity index (χ0) is 11.1. The fraction of sp³-hybridized carbons (Fsp3) is 0.462. The van der Waals surface area contributed by atoms with Crippen LogP contribution in [0.25, 0.3) is 0 Å². The van der Waals surface area contributed by atoms with Crippen molar-refractivity contribution in [3.8, 4) is 6.07 Å². The standard InChI is InChI=1S/C13H17NO/c1-3-4-5-7-11(2)13-9-6-8-12(10-14)15-13/h3-5,7,12-13H,2,6,8-9H2,1H3/b4-3-,7-5-/t12-,13+/m0/s1. The average molecular weight is 203 g/mol. The first-order chi connectivity index (χ1) is 7.27. The normalized spacial score (nSPS) is 26.9. The number of rotatable bonds is 3. The van der Waals surface area contributed by atoms with Gasteiger partial charge in [0, 0.05) is 0 Å². The highest BCUT2D eigenvalue weighted by molar-refractivity contribution is 5.23. The van der Waals surface area contributed by atoms with Gasteiger partial charge in [0.1, 0.15) is 6.10 Å². The van der Waals surface area contributed by atoms with E-state index in [1.807, 2.05) is 31.2 Å². The van der Waals surface area contributed by atoms with Gasteiger partial charge in [-0.25, -0.2) is 0 Å². The molecule has 0 N–H and O–H groups in total. The lowest BCUT2D eigenvalue weighted by molar-refractivity contribution is 0.00173. The van der Waals surface area contributed by atoms with Crippen molar-refractivity contribution in [3.63, 3.8) is 0 Å². The van der Waals surface area contributed by atoms with Gasteiger partial charge < -0.3 is 4.74 Å². The van der Waals surface area contributed by atoms with Crippen LogP contribution in [-0.2, 0) is 4.74 Å². The van der Waals surface area contributed by atoms with Gasteiger partial charge in [-0.2, -0.15) is 5.26 Å². The Kier molecular flexibility index (Phi) is 4.86. The summed E-state index contributed by atoms with van der Waals surface area (Å²) in [4.78, 5) is 0. The summed E-state index contributed by atoms with van der Waals surface area (Å²) in [5, 5.41) is 8.77.